The first kappa shape index (κ1) is 14.6. The van der Waals surface area contributed by atoms with Crippen molar-refractivity contribution >= 4 is 28.2 Å². The largest absolute Gasteiger partial charge is 0.392 e. The van der Waals surface area contributed by atoms with E-state index in [2.05, 4.69) is 29.5 Å². The van der Waals surface area contributed by atoms with E-state index >= 15 is 0 Å². The van der Waals surface area contributed by atoms with Crippen LogP contribution in [0.25, 0.3) is 0 Å². The molecule has 2 atom stereocenters. The van der Waals surface area contributed by atoms with Gasteiger partial charge in [0, 0.05) is 13.0 Å². The minimum Gasteiger partial charge on any atom is -0.392 e. The molecule has 1 aromatic heterocycles. The van der Waals surface area contributed by atoms with Crippen LogP contribution in [0, 0.1) is 5.41 Å². The SMILES string of the molecule is CC1(C)CC(=O)c2sc(NC(=O)C3CC(O)CN3)nc2C1. The van der Waals surface area contributed by atoms with Gasteiger partial charge in [0.05, 0.1) is 22.7 Å². The fraction of sp³-hybridized carbons (Fsp3) is 0.643. The number of nitrogens with zero attached hydrogens (tertiary/aromatic N) is 1. The van der Waals surface area contributed by atoms with Gasteiger partial charge in [-0.25, -0.2) is 4.98 Å². The summed E-state index contributed by atoms with van der Waals surface area (Å²) in [5.41, 5.74) is 0.715. The number of thiazole rings is 1. The lowest BCUT2D eigenvalue weighted by Gasteiger charge is -2.26. The fourth-order valence-electron chi connectivity index (χ4n) is 2.88. The molecule has 1 fully saturated rings. The lowest BCUT2D eigenvalue weighted by atomic mass is 9.78. The van der Waals surface area contributed by atoms with E-state index in [-0.39, 0.29) is 17.1 Å². The average Bonchev–Trinajstić information content (AvgIpc) is 2.94. The average molecular weight is 309 g/mol. The zero-order valence-electron chi connectivity index (χ0n) is 12.1. The number of aliphatic hydroxyl groups is 1. The normalized spacial score (nSPS) is 27.5. The second-order valence-corrected chi connectivity index (χ2v) is 7.57. The number of hydrogen-bond donors (Lipinski definition) is 3. The number of β-amino-alcohol motifs (C(OH)–C–C–N with tert-alkyl or cyclic N) is 1. The molecule has 0 bridgehead atoms. The maximum absolute atomic E-state index is 12.1. The van der Waals surface area contributed by atoms with Crippen LogP contribution in [0.15, 0.2) is 0 Å². The third-order valence-electron chi connectivity index (χ3n) is 3.89. The van der Waals surface area contributed by atoms with Gasteiger partial charge in [0.25, 0.3) is 0 Å². The topological polar surface area (TPSA) is 91.3 Å². The van der Waals surface area contributed by atoms with Gasteiger partial charge in [-0.2, -0.15) is 0 Å². The molecule has 0 saturated carbocycles. The Morgan fingerprint density at radius 1 is 1.48 bits per heavy atom. The van der Waals surface area contributed by atoms with Crippen LogP contribution in [-0.4, -0.2) is 40.5 Å². The molecule has 1 saturated heterocycles. The number of hydrogen-bond acceptors (Lipinski definition) is 6. The van der Waals surface area contributed by atoms with Gasteiger partial charge in [-0.15, -0.1) is 0 Å². The highest BCUT2D eigenvalue weighted by atomic mass is 32.1. The number of carbonyl (C=O) groups excluding carboxylic acids is 2. The summed E-state index contributed by atoms with van der Waals surface area (Å²) in [7, 11) is 0. The molecule has 7 heteroatoms. The van der Waals surface area contributed by atoms with Gasteiger partial charge in [-0.1, -0.05) is 25.2 Å². The Hall–Kier alpha value is -1.31. The lowest BCUT2D eigenvalue weighted by molar-refractivity contribution is -0.117. The number of anilines is 1. The van der Waals surface area contributed by atoms with E-state index in [4.69, 9.17) is 0 Å². The molecule has 1 aliphatic carbocycles. The van der Waals surface area contributed by atoms with E-state index in [0.29, 0.717) is 29.4 Å². The third kappa shape index (κ3) is 3.00. The highest BCUT2D eigenvalue weighted by Crippen LogP contribution is 2.38. The van der Waals surface area contributed by atoms with Crippen LogP contribution in [0.5, 0.6) is 0 Å². The van der Waals surface area contributed by atoms with Gasteiger partial charge in [0.2, 0.25) is 5.91 Å². The molecule has 2 aliphatic rings. The predicted molar refractivity (Wildman–Crippen MR) is 79.6 cm³/mol. The summed E-state index contributed by atoms with van der Waals surface area (Å²) in [5, 5.41) is 15.6. The zero-order chi connectivity index (χ0) is 15.2. The molecule has 2 heterocycles. The molecule has 6 nitrogen and oxygen atoms in total. The van der Waals surface area contributed by atoms with Crippen LogP contribution in [0.2, 0.25) is 0 Å². The molecule has 1 amide bonds. The summed E-state index contributed by atoms with van der Waals surface area (Å²) in [6.07, 6.45) is 1.20. The monoisotopic (exact) mass is 309 g/mol. The maximum Gasteiger partial charge on any atom is 0.243 e. The second kappa shape index (κ2) is 5.15. The maximum atomic E-state index is 12.1. The van der Waals surface area contributed by atoms with Crippen molar-refractivity contribution in [1.82, 2.24) is 10.3 Å². The van der Waals surface area contributed by atoms with Crippen LogP contribution < -0.4 is 10.6 Å². The van der Waals surface area contributed by atoms with Gasteiger partial charge in [0.15, 0.2) is 10.9 Å². The molecule has 3 rings (SSSR count). The molecule has 1 aromatic rings. The number of aliphatic hydroxyl groups excluding tert-OH is 1. The van der Waals surface area contributed by atoms with Crippen molar-refractivity contribution in [2.75, 3.05) is 11.9 Å². The van der Waals surface area contributed by atoms with Crippen molar-refractivity contribution in [1.29, 1.82) is 0 Å². The predicted octanol–water partition coefficient (Wildman–Crippen LogP) is 0.959. The van der Waals surface area contributed by atoms with Crippen LogP contribution in [0.4, 0.5) is 5.13 Å². The Morgan fingerprint density at radius 2 is 2.24 bits per heavy atom. The van der Waals surface area contributed by atoms with Gasteiger partial charge >= 0.3 is 0 Å². The molecule has 0 aromatic carbocycles. The first-order valence-corrected chi connectivity index (χ1v) is 7.91. The highest BCUT2D eigenvalue weighted by Gasteiger charge is 2.34. The zero-order valence-corrected chi connectivity index (χ0v) is 12.9. The summed E-state index contributed by atoms with van der Waals surface area (Å²) in [6, 6.07) is -0.395. The number of aromatic nitrogens is 1. The molecular weight excluding hydrogens is 290 g/mol. The molecule has 21 heavy (non-hydrogen) atoms. The van der Waals surface area contributed by atoms with E-state index in [0.717, 1.165) is 12.1 Å². The summed E-state index contributed by atoms with van der Waals surface area (Å²) in [5.74, 6) is -0.0991. The van der Waals surface area contributed by atoms with Crippen molar-refractivity contribution in [3.63, 3.8) is 0 Å². The summed E-state index contributed by atoms with van der Waals surface area (Å²) >= 11 is 1.25. The summed E-state index contributed by atoms with van der Waals surface area (Å²) in [4.78, 5) is 29.3. The smallest absolute Gasteiger partial charge is 0.243 e. The fourth-order valence-corrected chi connectivity index (χ4v) is 3.81. The summed E-state index contributed by atoms with van der Waals surface area (Å²) < 4.78 is 0. The van der Waals surface area contributed by atoms with Gasteiger partial charge in [0.1, 0.15) is 0 Å². The quantitative estimate of drug-likeness (QED) is 0.757. The van der Waals surface area contributed by atoms with Crippen LogP contribution >= 0.6 is 11.3 Å². The minimum absolute atomic E-state index is 0.0729. The first-order chi connectivity index (χ1) is 9.84. The van der Waals surface area contributed by atoms with E-state index in [1.165, 1.54) is 11.3 Å². The number of rotatable bonds is 2. The minimum atomic E-state index is -0.479. The van der Waals surface area contributed by atoms with Crippen molar-refractivity contribution in [3.05, 3.63) is 10.6 Å². The van der Waals surface area contributed by atoms with Gasteiger partial charge in [-0.3, -0.25) is 9.59 Å². The van der Waals surface area contributed by atoms with Gasteiger partial charge < -0.3 is 15.7 Å². The third-order valence-corrected chi connectivity index (χ3v) is 4.94. The molecule has 2 unspecified atom stereocenters. The Kier molecular flexibility index (Phi) is 3.59. The van der Waals surface area contributed by atoms with Gasteiger partial charge in [-0.05, 0) is 18.3 Å². The number of fused-ring (bicyclic) bond motifs is 1. The molecular formula is C14H19N3O3S. The Labute approximate surface area is 127 Å². The van der Waals surface area contributed by atoms with Crippen LogP contribution in [0.3, 0.4) is 0 Å². The van der Waals surface area contributed by atoms with E-state index in [1.807, 2.05) is 0 Å². The van der Waals surface area contributed by atoms with E-state index in [1.54, 1.807) is 0 Å². The van der Waals surface area contributed by atoms with Crippen LogP contribution in [-0.2, 0) is 11.2 Å². The second-order valence-electron chi connectivity index (χ2n) is 6.58. The Balaban J connectivity index is 1.73. The molecule has 0 spiro atoms. The van der Waals surface area contributed by atoms with Crippen molar-refractivity contribution < 1.29 is 14.7 Å². The number of Topliss-reactive ketones (excluding diaryl/α,β-unsaturated/α-hetero) is 1. The standard InChI is InChI=1S/C14H19N3O3S/c1-14(2)4-9-11(10(19)5-14)21-13(16-9)17-12(20)8-3-7(18)6-15-8/h7-8,15,18H,3-6H2,1-2H3,(H,16,17,20). The van der Waals surface area contributed by atoms with E-state index < -0.39 is 12.1 Å². The Bertz CT molecular complexity index is 596. The van der Waals surface area contributed by atoms with Crippen molar-refractivity contribution in [2.24, 2.45) is 5.41 Å². The number of amides is 1. The molecule has 3 N–H and O–H groups in total. The number of ketones is 1. The Morgan fingerprint density at radius 3 is 2.90 bits per heavy atom. The molecule has 114 valence electrons. The highest BCUT2D eigenvalue weighted by molar-refractivity contribution is 7.17. The summed E-state index contributed by atoms with van der Waals surface area (Å²) in [6.45, 7) is 4.53. The van der Waals surface area contributed by atoms with Crippen LogP contribution in [0.1, 0.15) is 42.1 Å². The lowest BCUT2D eigenvalue weighted by Crippen LogP contribution is -2.35. The van der Waals surface area contributed by atoms with Crippen molar-refractivity contribution in [2.45, 2.75) is 45.3 Å². The number of carbonyl (C=O) groups is 2. The first-order valence-electron chi connectivity index (χ1n) is 7.09. The van der Waals surface area contributed by atoms with E-state index in [9.17, 15) is 14.7 Å². The molecule has 0 radical (unpaired) electrons. The number of nitrogens with one attached hydrogen (secondary N) is 2. The van der Waals surface area contributed by atoms with Crippen molar-refractivity contribution in [3.8, 4) is 0 Å². The molecule has 1 aliphatic heterocycles.